The molecule has 0 aliphatic carbocycles. The summed E-state index contributed by atoms with van der Waals surface area (Å²) >= 11 is 0. The van der Waals surface area contributed by atoms with Gasteiger partial charge in [-0.25, -0.2) is 0 Å². The lowest BCUT2D eigenvalue weighted by molar-refractivity contribution is -0.213. The van der Waals surface area contributed by atoms with Crippen LogP contribution in [0.4, 0.5) is 5.69 Å². The highest BCUT2D eigenvalue weighted by atomic mass is 16.3. The number of rotatable bonds is 8. The fraction of sp³-hybridized carbons (Fsp3) is 0.429. The molecule has 0 radical (unpaired) electrons. The Morgan fingerprint density at radius 3 is 2.17 bits per heavy atom. The molecule has 1 aromatic carbocycles. The number of aliphatic hydroxyl groups excluding tert-OH is 4. The third-order valence-electron chi connectivity index (χ3n) is 2.96. The van der Waals surface area contributed by atoms with Gasteiger partial charge < -0.3 is 36.6 Å². The Morgan fingerprint density at radius 2 is 1.65 bits per heavy atom. The molecule has 9 nitrogen and oxygen atoms in total. The molecule has 1 aromatic rings. The minimum atomic E-state index is -0.950. The zero-order chi connectivity index (χ0) is 17.4. The maximum atomic E-state index is 12.0. The smallest absolute Gasteiger partial charge is 0.251 e. The van der Waals surface area contributed by atoms with E-state index in [-0.39, 0.29) is 16.8 Å². The summed E-state index contributed by atoms with van der Waals surface area (Å²) in [6, 6.07) is 2.10. The first-order valence-electron chi connectivity index (χ1n) is 6.85. The van der Waals surface area contributed by atoms with Gasteiger partial charge in [-0.05, 0) is 29.7 Å². The van der Waals surface area contributed by atoms with Crippen molar-refractivity contribution in [2.24, 2.45) is 4.99 Å². The molecule has 0 spiro atoms. The van der Waals surface area contributed by atoms with Gasteiger partial charge in [0.1, 0.15) is 0 Å². The number of aliphatic imine (C=N–C) groups is 1. The van der Waals surface area contributed by atoms with Crippen LogP contribution < -0.4 is 16.2 Å². The molecule has 0 saturated heterocycles. The van der Waals surface area contributed by atoms with Gasteiger partial charge in [-0.2, -0.15) is 0 Å². The molecule has 0 aromatic heterocycles. The van der Waals surface area contributed by atoms with Crippen molar-refractivity contribution in [1.29, 1.82) is 0 Å². The molecule has 7 N–H and O–H groups in total. The number of benzene rings is 1. The first-order valence-corrected chi connectivity index (χ1v) is 6.85. The van der Waals surface area contributed by atoms with Crippen LogP contribution in [0.25, 0.3) is 0 Å². The number of nitrogen functional groups attached to an aromatic ring is 1. The molecule has 1 amide bonds. The molecule has 23 heavy (non-hydrogen) atoms. The number of carbonyl (C=O) groups excluding carboxylic acids is 1. The van der Waals surface area contributed by atoms with Gasteiger partial charge in [-0.15, -0.1) is 0 Å². The standard InChI is InChI=1S/C14H21N3O6/c15-10-2-8(13(22)16-11(4-18)5-19)1-9(3-10)14(23)17-12(6-20)7-21/h1-3,11-12,18-21H,4-7,15H2,(H,16,22)(H,17,23)/p-1. The summed E-state index contributed by atoms with van der Waals surface area (Å²) in [4.78, 5) is 15.6. The lowest BCUT2D eigenvalue weighted by Gasteiger charge is -2.17. The summed E-state index contributed by atoms with van der Waals surface area (Å²) in [6.45, 7) is -1.88. The Balaban J connectivity index is 3.05. The molecule has 128 valence electrons. The zero-order valence-electron chi connectivity index (χ0n) is 12.3. The molecule has 0 fully saturated rings. The molecule has 0 heterocycles. The summed E-state index contributed by atoms with van der Waals surface area (Å²) in [7, 11) is 0. The van der Waals surface area contributed by atoms with Crippen molar-refractivity contribution in [2.45, 2.75) is 12.1 Å². The van der Waals surface area contributed by atoms with Gasteiger partial charge in [-0.3, -0.25) is 9.79 Å². The number of hydrogen-bond acceptors (Lipinski definition) is 8. The zero-order valence-corrected chi connectivity index (χ0v) is 12.3. The number of nitrogens with zero attached hydrogens (tertiary/aromatic N) is 1. The van der Waals surface area contributed by atoms with E-state index < -0.39 is 50.3 Å². The number of carbonyl (C=O) groups is 1. The van der Waals surface area contributed by atoms with E-state index >= 15 is 0 Å². The second-order valence-electron chi connectivity index (χ2n) is 4.83. The van der Waals surface area contributed by atoms with E-state index in [1.165, 1.54) is 18.2 Å². The topological polar surface area (TPSA) is 171 Å². The number of aliphatic hydroxyl groups is 4. The van der Waals surface area contributed by atoms with Gasteiger partial charge in [0, 0.05) is 11.3 Å². The first kappa shape index (κ1) is 18.8. The lowest BCUT2D eigenvalue weighted by atomic mass is 10.1. The van der Waals surface area contributed by atoms with Crippen LogP contribution >= 0.6 is 0 Å². The molecular weight excluding hydrogens is 306 g/mol. The van der Waals surface area contributed by atoms with Crippen LogP contribution in [-0.4, -0.2) is 70.7 Å². The van der Waals surface area contributed by atoms with E-state index in [4.69, 9.17) is 26.2 Å². The van der Waals surface area contributed by atoms with E-state index in [0.717, 1.165) is 0 Å². The third kappa shape index (κ3) is 5.49. The lowest BCUT2D eigenvalue weighted by Crippen LogP contribution is -2.40. The van der Waals surface area contributed by atoms with Crippen LogP contribution in [0, 0.1) is 0 Å². The Labute approximate surface area is 132 Å². The van der Waals surface area contributed by atoms with Gasteiger partial charge in [-0.1, -0.05) is 0 Å². The maximum absolute atomic E-state index is 12.0. The van der Waals surface area contributed by atoms with Gasteiger partial charge in [0.25, 0.3) is 5.91 Å². The number of hydrogen-bond donors (Lipinski definition) is 6. The van der Waals surface area contributed by atoms with E-state index in [9.17, 15) is 9.90 Å². The van der Waals surface area contributed by atoms with Crippen LogP contribution in [0.15, 0.2) is 23.2 Å². The Hall–Kier alpha value is -2.20. The van der Waals surface area contributed by atoms with Crippen LogP contribution in [-0.2, 0) is 0 Å². The molecule has 0 unspecified atom stereocenters. The highest BCUT2D eigenvalue weighted by Gasteiger charge is 2.13. The summed E-state index contributed by atoms with van der Waals surface area (Å²) in [5, 5.41) is 50.1. The molecule has 9 heteroatoms. The van der Waals surface area contributed by atoms with Gasteiger partial charge in [0.2, 0.25) is 0 Å². The Kier molecular flexibility index (Phi) is 7.42. The summed E-state index contributed by atoms with van der Waals surface area (Å²) < 4.78 is 0. The maximum Gasteiger partial charge on any atom is 0.251 e. The Bertz CT molecular complexity index is 555. The highest BCUT2D eigenvalue weighted by Crippen LogP contribution is 2.13. The minimum Gasteiger partial charge on any atom is -0.858 e. The predicted octanol–water partition coefficient (Wildman–Crippen LogP) is -3.19. The fourth-order valence-electron chi connectivity index (χ4n) is 1.70. The van der Waals surface area contributed by atoms with Gasteiger partial charge in [0.05, 0.1) is 38.5 Å². The minimum absolute atomic E-state index is 0.0200. The van der Waals surface area contributed by atoms with Crippen molar-refractivity contribution in [3.63, 3.8) is 0 Å². The molecule has 0 aliphatic rings. The first-order chi connectivity index (χ1) is 10.9. The predicted molar refractivity (Wildman–Crippen MR) is 80.8 cm³/mol. The van der Waals surface area contributed by atoms with Crippen LogP contribution in [0.2, 0.25) is 0 Å². The largest absolute Gasteiger partial charge is 0.858 e. The molecule has 0 bridgehead atoms. The van der Waals surface area contributed by atoms with Crippen LogP contribution in [0.1, 0.15) is 15.9 Å². The van der Waals surface area contributed by atoms with E-state index in [0.29, 0.717) is 0 Å². The summed E-state index contributed by atoms with van der Waals surface area (Å²) in [6.07, 6.45) is 0. The van der Waals surface area contributed by atoms with Crippen molar-refractivity contribution in [3.05, 3.63) is 29.3 Å². The van der Waals surface area contributed by atoms with Gasteiger partial charge >= 0.3 is 0 Å². The SMILES string of the molecule is Nc1cc(C(=O)NC(CO)CO)cc(C([O-])=NC(CO)CO)c1. The monoisotopic (exact) mass is 326 g/mol. The number of anilines is 1. The number of amides is 1. The average Bonchev–Trinajstić information content (AvgIpc) is 2.56. The van der Waals surface area contributed by atoms with Crippen molar-refractivity contribution in [2.75, 3.05) is 32.2 Å². The average molecular weight is 326 g/mol. The molecule has 1 rings (SSSR count). The highest BCUT2D eigenvalue weighted by molar-refractivity contribution is 5.99. The van der Waals surface area contributed by atoms with E-state index in [1.54, 1.807) is 0 Å². The normalized spacial score (nSPS) is 12.0. The fourth-order valence-corrected chi connectivity index (χ4v) is 1.70. The second kappa shape index (κ2) is 9.06. The molecule has 0 aliphatic heterocycles. The van der Waals surface area contributed by atoms with Crippen molar-refractivity contribution in [1.82, 2.24) is 5.32 Å². The number of nitrogens with two attached hydrogens (primary N) is 1. The van der Waals surface area contributed by atoms with Crippen molar-refractivity contribution in [3.8, 4) is 0 Å². The van der Waals surface area contributed by atoms with Gasteiger partial charge in [0.15, 0.2) is 0 Å². The Morgan fingerprint density at radius 1 is 1.09 bits per heavy atom. The third-order valence-corrected chi connectivity index (χ3v) is 2.96. The summed E-state index contributed by atoms with van der Waals surface area (Å²) in [5.41, 5.74) is 5.87. The molecular formula is C14H20N3O6-. The van der Waals surface area contributed by atoms with Crippen LogP contribution in [0.5, 0.6) is 0 Å². The van der Waals surface area contributed by atoms with E-state index in [2.05, 4.69) is 10.3 Å². The quantitative estimate of drug-likeness (QED) is 0.166. The van der Waals surface area contributed by atoms with Crippen molar-refractivity contribution < 1.29 is 30.3 Å². The number of nitrogens with one attached hydrogen (secondary N) is 1. The molecule has 0 saturated carbocycles. The second-order valence-corrected chi connectivity index (χ2v) is 4.83. The van der Waals surface area contributed by atoms with E-state index in [1.807, 2.05) is 0 Å². The molecule has 0 atom stereocenters. The summed E-state index contributed by atoms with van der Waals surface area (Å²) in [5.74, 6) is -1.36. The van der Waals surface area contributed by atoms with Crippen molar-refractivity contribution >= 4 is 17.5 Å². The van der Waals surface area contributed by atoms with Crippen LogP contribution in [0.3, 0.4) is 0 Å².